The van der Waals surface area contributed by atoms with Crippen molar-refractivity contribution < 1.29 is 14.2 Å². The van der Waals surface area contributed by atoms with Gasteiger partial charge in [0, 0.05) is 19.1 Å². The lowest BCUT2D eigenvalue weighted by atomic mass is 9.78. The normalized spacial score (nSPS) is 29.3. The van der Waals surface area contributed by atoms with Crippen LogP contribution in [0.3, 0.4) is 0 Å². The molecule has 1 saturated carbocycles. The third-order valence-corrected chi connectivity index (χ3v) is 4.08. The van der Waals surface area contributed by atoms with E-state index >= 15 is 0 Å². The lowest BCUT2D eigenvalue weighted by molar-refractivity contribution is -0.0650. The van der Waals surface area contributed by atoms with Crippen molar-refractivity contribution in [2.24, 2.45) is 0 Å². The molecule has 2 atom stereocenters. The zero-order chi connectivity index (χ0) is 12.5. The summed E-state index contributed by atoms with van der Waals surface area (Å²) >= 11 is 3.15. The van der Waals surface area contributed by atoms with Crippen molar-refractivity contribution in [3.63, 3.8) is 0 Å². The molecular weight excluding hydrogens is 287 g/mol. The van der Waals surface area contributed by atoms with Gasteiger partial charge in [0.05, 0.1) is 16.2 Å². The average molecular weight is 303 g/mol. The molecule has 1 aliphatic carbocycles. The Bertz CT molecular complexity index is 410. The molecule has 2 unspecified atom stereocenters. The molecule has 0 aromatic heterocycles. The molecule has 1 aromatic carbocycles. The first-order valence-corrected chi connectivity index (χ1v) is 6.56. The molecule has 94 valence electrons. The van der Waals surface area contributed by atoms with Crippen molar-refractivity contribution in [1.82, 2.24) is 0 Å². The highest BCUT2D eigenvalue weighted by Gasteiger charge is 2.38. The van der Waals surface area contributed by atoms with Crippen LogP contribution in [0.25, 0.3) is 0 Å². The van der Waals surface area contributed by atoms with Crippen molar-refractivity contribution in [3.05, 3.63) is 34.1 Å². The van der Waals surface area contributed by atoms with Gasteiger partial charge in [0.1, 0.15) is 5.82 Å². The van der Waals surface area contributed by atoms with Crippen molar-refractivity contribution in [2.45, 2.75) is 37.4 Å². The van der Waals surface area contributed by atoms with E-state index in [9.17, 15) is 9.50 Å². The highest BCUT2D eigenvalue weighted by molar-refractivity contribution is 9.10. The molecule has 0 bridgehead atoms. The number of ether oxygens (including phenoxy) is 1. The van der Waals surface area contributed by atoms with Gasteiger partial charge in [-0.15, -0.1) is 0 Å². The minimum Gasteiger partial charge on any atom is -0.385 e. The van der Waals surface area contributed by atoms with Crippen LogP contribution in [0.4, 0.5) is 4.39 Å². The van der Waals surface area contributed by atoms with Gasteiger partial charge in [0.2, 0.25) is 0 Å². The zero-order valence-electron chi connectivity index (χ0n) is 9.75. The Balaban J connectivity index is 2.33. The Hall–Kier alpha value is -0.450. The number of benzene rings is 1. The van der Waals surface area contributed by atoms with Gasteiger partial charge in [-0.05, 0) is 41.3 Å². The highest BCUT2D eigenvalue weighted by Crippen LogP contribution is 2.40. The molecular formula is C13H16BrFO2. The first kappa shape index (κ1) is 13.0. The fourth-order valence-electron chi connectivity index (χ4n) is 2.51. The predicted octanol–water partition coefficient (Wildman–Crippen LogP) is 3.36. The summed E-state index contributed by atoms with van der Waals surface area (Å²) in [7, 11) is 1.63. The monoisotopic (exact) mass is 302 g/mol. The minimum atomic E-state index is -1.10. The molecule has 0 spiro atoms. The van der Waals surface area contributed by atoms with E-state index in [1.807, 2.05) is 0 Å². The van der Waals surface area contributed by atoms with Gasteiger partial charge in [-0.1, -0.05) is 12.1 Å². The molecule has 0 aliphatic heterocycles. The molecule has 0 radical (unpaired) electrons. The van der Waals surface area contributed by atoms with Crippen LogP contribution in [0.5, 0.6) is 0 Å². The summed E-state index contributed by atoms with van der Waals surface area (Å²) in [5, 5.41) is 10.6. The molecule has 1 aliphatic rings. The van der Waals surface area contributed by atoms with Crippen LogP contribution in [0.15, 0.2) is 22.7 Å². The number of methoxy groups -OCH3 is 1. The third kappa shape index (κ3) is 2.54. The fraction of sp³-hybridized carbons (Fsp3) is 0.538. The first-order chi connectivity index (χ1) is 8.07. The van der Waals surface area contributed by atoms with Crippen LogP contribution in [0.2, 0.25) is 0 Å². The molecule has 2 nitrogen and oxygen atoms in total. The van der Waals surface area contributed by atoms with E-state index in [0.717, 1.165) is 12.8 Å². The van der Waals surface area contributed by atoms with Crippen LogP contribution in [-0.2, 0) is 10.3 Å². The molecule has 1 aromatic rings. The first-order valence-electron chi connectivity index (χ1n) is 5.76. The fourth-order valence-corrected chi connectivity index (χ4v) is 2.88. The van der Waals surface area contributed by atoms with E-state index in [-0.39, 0.29) is 11.9 Å². The second-order valence-electron chi connectivity index (χ2n) is 4.59. The van der Waals surface area contributed by atoms with Crippen LogP contribution in [0.1, 0.15) is 31.2 Å². The lowest BCUT2D eigenvalue weighted by Crippen LogP contribution is -2.36. The summed E-state index contributed by atoms with van der Waals surface area (Å²) in [4.78, 5) is 0. The summed E-state index contributed by atoms with van der Waals surface area (Å²) in [5.74, 6) is -0.369. The molecule has 2 rings (SSSR count). The van der Waals surface area contributed by atoms with Gasteiger partial charge in [0.15, 0.2) is 0 Å². The Kier molecular flexibility index (Phi) is 3.85. The molecule has 1 N–H and O–H groups in total. The van der Waals surface area contributed by atoms with Crippen molar-refractivity contribution in [3.8, 4) is 0 Å². The number of halogens is 2. The summed E-state index contributed by atoms with van der Waals surface area (Å²) < 4.78 is 19.7. The Morgan fingerprint density at radius 2 is 2.29 bits per heavy atom. The maximum atomic E-state index is 14.0. The topological polar surface area (TPSA) is 29.5 Å². The van der Waals surface area contributed by atoms with Crippen LogP contribution in [0, 0.1) is 5.82 Å². The summed E-state index contributed by atoms with van der Waals surface area (Å²) in [5.41, 5.74) is -0.735. The van der Waals surface area contributed by atoms with E-state index in [4.69, 9.17) is 4.74 Å². The Labute approximate surface area is 109 Å². The average Bonchev–Trinajstić information content (AvgIpc) is 2.32. The van der Waals surface area contributed by atoms with Crippen LogP contribution in [-0.4, -0.2) is 18.3 Å². The molecule has 4 heteroatoms. The molecule has 0 amide bonds. The van der Waals surface area contributed by atoms with Crippen LogP contribution < -0.4 is 0 Å². The molecule has 0 heterocycles. The summed E-state index contributed by atoms with van der Waals surface area (Å²) in [6, 6.07) is 5.04. The Morgan fingerprint density at radius 3 is 3.00 bits per heavy atom. The number of hydrogen-bond donors (Lipinski definition) is 1. The van der Waals surface area contributed by atoms with E-state index in [1.165, 1.54) is 0 Å². The van der Waals surface area contributed by atoms with Gasteiger partial charge in [-0.3, -0.25) is 0 Å². The highest BCUT2D eigenvalue weighted by atomic mass is 79.9. The third-order valence-electron chi connectivity index (χ3n) is 3.47. The van der Waals surface area contributed by atoms with Crippen molar-refractivity contribution in [2.75, 3.05) is 7.11 Å². The smallest absolute Gasteiger partial charge is 0.143 e. The van der Waals surface area contributed by atoms with Crippen molar-refractivity contribution >= 4 is 15.9 Å². The zero-order valence-corrected chi connectivity index (χ0v) is 11.3. The Morgan fingerprint density at radius 1 is 1.53 bits per heavy atom. The van der Waals surface area contributed by atoms with Gasteiger partial charge in [-0.2, -0.15) is 0 Å². The molecule has 0 saturated heterocycles. The van der Waals surface area contributed by atoms with E-state index in [0.29, 0.717) is 22.9 Å². The van der Waals surface area contributed by atoms with E-state index in [1.54, 1.807) is 25.3 Å². The van der Waals surface area contributed by atoms with Crippen LogP contribution >= 0.6 is 15.9 Å². The summed E-state index contributed by atoms with van der Waals surface area (Å²) in [6.45, 7) is 0. The maximum Gasteiger partial charge on any atom is 0.143 e. The lowest BCUT2D eigenvalue weighted by Gasteiger charge is -2.36. The number of hydrogen-bond acceptors (Lipinski definition) is 2. The number of aliphatic hydroxyl groups is 1. The second kappa shape index (κ2) is 5.04. The minimum absolute atomic E-state index is 0.00660. The molecule has 1 fully saturated rings. The van der Waals surface area contributed by atoms with Gasteiger partial charge in [-0.25, -0.2) is 4.39 Å². The van der Waals surface area contributed by atoms with Gasteiger partial charge < -0.3 is 9.84 Å². The largest absolute Gasteiger partial charge is 0.385 e. The van der Waals surface area contributed by atoms with Gasteiger partial charge in [0.25, 0.3) is 0 Å². The van der Waals surface area contributed by atoms with E-state index < -0.39 is 5.60 Å². The number of rotatable bonds is 2. The maximum absolute atomic E-state index is 14.0. The van der Waals surface area contributed by atoms with E-state index in [2.05, 4.69) is 15.9 Å². The second-order valence-corrected chi connectivity index (χ2v) is 5.44. The standard InChI is InChI=1S/C13H16BrFO2/c1-17-9-4-3-7-13(16,8-9)10-5-2-6-11(14)12(10)15/h2,5-6,9,16H,3-4,7-8H2,1H3. The summed E-state index contributed by atoms with van der Waals surface area (Å²) in [6.07, 6.45) is 2.82. The van der Waals surface area contributed by atoms with Gasteiger partial charge >= 0.3 is 0 Å². The quantitative estimate of drug-likeness (QED) is 0.908. The SMILES string of the molecule is COC1CCCC(O)(c2cccc(Br)c2F)C1. The molecule has 17 heavy (non-hydrogen) atoms. The van der Waals surface area contributed by atoms with Crippen molar-refractivity contribution in [1.29, 1.82) is 0 Å². The predicted molar refractivity (Wildman–Crippen MR) is 67.3 cm³/mol.